The maximum Gasteiger partial charge on any atom is 0.313 e. The fraction of sp³-hybridized carbons (Fsp3) is 0.333. The topological polar surface area (TPSA) is 52.4 Å². The van der Waals surface area contributed by atoms with Crippen LogP contribution in [0.25, 0.3) is 0 Å². The van der Waals surface area contributed by atoms with Gasteiger partial charge in [0.2, 0.25) is 6.17 Å². The van der Waals surface area contributed by atoms with Crippen LogP contribution in [-0.4, -0.2) is 17.3 Å². The van der Waals surface area contributed by atoms with Crippen LogP contribution in [0.4, 0.5) is 8.78 Å². The first-order valence-corrected chi connectivity index (χ1v) is 4.28. The molecule has 6 heteroatoms. The van der Waals surface area contributed by atoms with E-state index < -0.39 is 23.5 Å². The predicted molar refractivity (Wildman–Crippen MR) is 46.6 cm³/mol. The van der Waals surface area contributed by atoms with Crippen LogP contribution in [-0.2, 0) is 0 Å². The summed E-state index contributed by atoms with van der Waals surface area (Å²) in [7, 11) is 0. The van der Waals surface area contributed by atoms with Crippen molar-refractivity contribution in [3.8, 4) is 5.75 Å². The van der Waals surface area contributed by atoms with E-state index in [0.717, 1.165) is 0 Å². The van der Waals surface area contributed by atoms with Crippen molar-refractivity contribution in [2.45, 2.75) is 18.6 Å². The Hall–Kier alpha value is -1.72. The number of para-hydroxylation sites is 1. The van der Waals surface area contributed by atoms with Gasteiger partial charge in [-0.05, 0) is 6.07 Å². The highest BCUT2D eigenvalue weighted by Gasteiger charge is 2.47. The Morgan fingerprint density at radius 2 is 2.00 bits per heavy atom. The van der Waals surface area contributed by atoms with Gasteiger partial charge in [0.15, 0.2) is 0 Å². The Bertz CT molecular complexity index is 399. The molecule has 3 unspecified atom stereocenters. The van der Waals surface area contributed by atoms with Crippen LogP contribution in [0.1, 0.15) is 11.7 Å². The summed E-state index contributed by atoms with van der Waals surface area (Å²) in [6.45, 7) is 0. The summed E-state index contributed by atoms with van der Waals surface area (Å²) in [5.74, 6) is 0.0237. The molecule has 0 spiro atoms. The number of halogens is 2. The summed E-state index contributed by atoms with van der Waals surface area (Å²) in [5, 5.41) is 10.4. The molecule has 0 aromatic heterocycles. The predicted octanol–water partition coefficient (Wildman–Crippen LogP) is 2.03. The third kappa shape index (κ3) is 1.51. The van der Waals surface area contributed by atoms with Gasteiger partial charge in [0.25, 0.3) is 0 Å². The second-order valence-electron chi connectivity index (χ2n) is 3.18. The van der Waals surface area contributed by atoms with E-state index in [4.69, 9.17) is 0 Å². The van der Waals surface area contributed by atoms with Gasteiger partial charge in [-0.3, -0.25) is 10.1 Å². The van der Waals surface area contributed by atoms with Crippen molar-refractivity contribution in [3.05, 3.63) is 39.9 Å². The summed E-state index contributed by atoms with van der Waals surface area (Å²) >= 11 is 0. The van der Waals surface area contributed by atoms with Crippen LogP contribution in [0.2, 0.25) is 0 Å². The summed E-state index contributed by atoms with van der Waals surface area (Å²) in [6, 6.07) is 3.81. The molecule has 3 atom stereocenters. The smallest absolute Gasteiger partial charge is 0.313 e. The molecule has 0 amide bonds. The zero-order chi connectivity index (χ0) is 11.0. The molecule has 1 heterocycles. The van der Waals surface area contributed by atoms with Crippen LogP contribution in [0.5, 0.6) is 5.75 Å². The van der Waals surface area contributed by atoms with E-state index in [9.17, 15) is 18.9 Å². The molecule has 4 nitrogen and oxygen atoms in total. The first-order valence-electron chi connectivity index (χ1n) is 4.28. The van der Waals surface area contributed by atoms with Gasteiger partial charge in [-0.2, -0.15) is 4.39 Å². The molecule has 0 saturated heterocycles. The Labute approximate surface area is 83.6 Å². The lowest BCUT2D eigenvalue weighted by atomic mass is 10.0. The second kappa shape index (κ2) is 3.45. The van der Waals surface area contributed by atoms with Gasteiger partial charge in [-0.15, -0.1) is 0 Å². The molecular formula is C9H7F2NO3. The number of hydrogen-bond donors (Lipinski definition) is 0. The maximum absolute atomic E-state index is 13.6. The highest BCUT2D eigenvalue weighted by Crippen LogP contribution is 2.38. The van der Waals surface area contributed by atoms with E-state index in [1.54, 1.807) is 6.07 Å². The Kier molecular flexibility index (Phi) is 2.26. The molecule has 15 heavy (non-hydrogen) atoms. The van der Waals surface area contributed by atoms with Crippen molar-refractivity contribution in [2.24, 2.45) is 0 Å². The zero-order valence-electron chi connectivity index (χ0n) is 7.47. The van der Waals surface area contributed by atoms with Gasteiger partial charge in [-0.25, -0.2) is 4.39 Å². The molecule has 1 aromatic carbocycles. The first-order chi connectivity index (χ1) is 7.11. The lowest BCUT2D eigenvalue weighted by Gasteiger charge is -2.25. The minimum atomic E-state index is -2.25. The largest absolute Gasteiger partial charge is 0.453 e. The van der Waals surface area contributed by atoms with Crippen molar-refractivity contribution in [1.29, 1.82) is 0 Å². The highest BCUT2D eigenvalue weighted by molar-refractivity contribution is 5.37. The van der Waals surface area contributed by atoms with Crippen molar-refractivity contribution < 1.29 is 18.4 Å². The molecule has 0 radical (unpaired) electrons. The molecule has 0 saturated carbocycles. The average Bonchev–Trinajstić information content (AvgIpc) is 2.17. The fourth-order valence-electron chi connectivity index (χ4n) is 1.53. The molecule has 1 aromatic rings. The van der Waals surface area contributed by atoms with Crippen molar-refractivity contribution in [1.82, 2.24) is 0 Å². The summed E-state index contributed by atoms with van der Waals surface area (Å²) < 4.78 is 31.3. The van der Waals surface area contributed by atoms with Crippen molar-refractivity contribution >= 4 is 0 Å². The first kappa shape index (κ1) is 9.82. The van der Waals surface area contributed by atoms with Crippen LogP contribution in [0.3, 0.4) is 0 Å². The zero-order valence-corrected chi connectivity index (χ0v) is 7.47. The maximum atomic E-state index is 13.6. The minimum Gasteiger partial charge on any atom is -0.453 e. The SMILES string of the molecule is O=[N+]([O-])C1C(F)Oc2ccccc2C1F. The van der Waals surface area contributed by atoms with Crippen LogP contribution in [0.15, 0.2) is 24.3 Å². The van der Waals surface area contributed by atoms with E-state index in [0.29, 0.717) is 0 Å². The van der Waals surface area contributed by atoms with Gasteiger partial charge in [-0.1, -0.05) is 18.2 Å². The quantitative estimate of drug-likeness (QED) is 0.532. The van der Waals surface area contributed by atoms with Crippen molar-refractivity contribution in [2.75, 3.05) is 0 Å². The van der Waals surface area contributed by atoms with E-state index in [1.807, 2.05) is 0 Å². The Balaban J connectivity index is 2.42. The molecule has 0 N–H and O–H groups in total. The fourth-order valence-corrected chi connectivity index (χ4v) is 1.53. The number of benzene rings is 1. The van der Waals surface area contributed by atoms with Crippen LogP contribution in [0, 0.1) is 10.1 Å². The molecule has 0 bridgehead atoms. The minimum absolute atomic E-state index is 0.0214. The summed E-state index contributed by atoms with van der Waals surface area (Å²) in [5.41, 5.74) is 0.0214. The van der Waals surface area contributed by atoms with Crippen LogP contribution >= 0.6 is 0 Å². The van der Waals surface area contributed by atoms with Gasteiger partial charge in [0, 0.05) is 10.5 Å². The standard InChI is InChI=1S/C9H7F2NO3/c10-7-5-3-1-2-4-6(5)15-9(11)8(7)12(13)14/h1-4,7-9H. The number of rotatable bonds is 1. The number of alkyl halides is 2. The number of nitrogens with zero attached hydrogens (tertiary/aromatic N) is 1. The second-order valence-corrected chi connectivity index (χ2v) is 3.18. The lowest BCUT2D eigenvalue weighted by molar-refractivity contribution is -0.551. The van der Waals surface area contributed by atoms with E-state index in [1.165, 1.54) is 18.2 Å². The molecule has 0 fully saturated rings. The molecule has 0 aliphatic carbocycles. The van der Waals surface area contributed by atoms with E-state index in [-0.39, 0.29) is 11.3 Å². The Morgan fingerprint density at radius 3 is 2.67 bits per heavy atom. The molecular weight excluding hydrogens is 208 g/mol. The summed E-state index contributed by atoms with van der Waals surface area (Å²) in [6.07, 6.45) is -4.22. The third-order valence-electron chi connectivity index (χ3n) is 2.27. The number of fused-ring (bicyclic) bond motifs is 1. The number of hydrogen-bond acceptors (Lipinski definition) is 3. The molecule has 1 aliphatic heterocycles. The highest BCUT2D eigenvalue weighted by atomic mass is 19.2. The Morgan fingerprint density at radius 1 is 1.33 bits per heavy atom. The lowest BCUT2D eigenvalue weighted by Crippen LogP contribution is -2.41. The third-order valence-corrected chi connectivity index (χ3v) is 2.27. The van der Waals surface area contributed by atoms with Crippen LogP contribution < -0.4 is 4.74 Å². The summed E-state index contributed by atoms with van der Waals surface area (Å²) in [4.78, 5) is 9.44. The van der Waals surface area contributed by atoms with Crippen molar-refractivity contribution in [3.63, 3.8) is 0 Å². The normalized spacial score (nSPS) is 29.1. The monoisotopic (exact) mass is 215 g/mol. The molecule has 2 rings (SSSR count). The van der Waals surface area contributed by atoms with E-state index in [2.05, 4.69) is 4.74 Å². The molecule has 1 aliphatic rings. The molecule has 80 valence electrons. The number of nitro groups is 1. The van der Waals surface area contributed by atoms with Gasteiger partial charge in [0.05, 0.1) is 0 Å². The van der Waals surface area contributed by atoms with Gasteiger partial charge in [0.1, 0.15) is 5.75 Å². The van der Waals surface area contributed by atoms with Gasteiger partial charge >= 0.3 is 12.4 Å². The average molecular weight is 215 g/mol. The van der Waals surface area contributed by atoms with Gasteiger partial charge < -0.3 is 4.74 Å². The number of ether oxygens (including phenoxy) is 1. The van der Waals surface area contributed by atoms with E-state index >= 15 is 0 Å².